The fraction of sp³-hybridized carbons (Fsp3) is 0.333. The van der Waals surface area contributed by atoms with E-state index in [1.165, 1.54) is 12.1 Å². The first-order valence-corrected chi connectivity index (χ1v) is 15.6. The van der Waals surface area contributed by atoms with Crippen molar-refractivity contribution in [1.82, 2.24) is 4.98 Å². The number of sulfone groups is 1. The van der Waals surface area contributed by atoms with Crippen molar-refractivity contribution in [3.8, 4) is 23.0 Å². The van der Waals surface area contributed by atoms with Crippen molar-refractivity contribution in [2.75, 3.05) is 38.9 Å². The average molecular weight is 601 g/mol. The van der Waals surface area contributed by atoms with E-state index in [0.717, 1.165) is 39.7 Å². The summed E-state index contributed by atoms with van der Waals surface area (Å²) in [6.45, 7) is 4.36. The molecule has 1 atom stereocenters. The lowest BCUT2D eigenvalue weighted by atomic mass is 10.1. The number of rotatable bonds is 13. The maximum atomic E-state index is 11.9. The Hall–Kier alpha value is -3.83. The van der Waals surface area contributed by atoms with Gasteiger partial charge in [-0.1, -0.05) is 43.7 Å². The molecule has 41 heavy (non-hydrogen) atoms. The van der Waals surface area contributed by atoms with E-state index in [9.17, 15) is 13.2 Å². The Morgan fingerprint density at radius 3 is 2.15 bits per heavy atom. The Bertz CT molecular complexity index is 1460. The molecule has 9 nitrogen and oxygen atoms in total. The molecule has 4 aromatic rings. The highest BCUT2D eigenvalue weighted by molar-refractivity contribution is 7.91. The number of nitrogens with zero attached hydrogens (tertiary/aromatic N) is 1. The van der Waals surface area contributed by atoms with E-state index in [4.69, 9.17) is 18.9 Å². The number of anilines is 1. The van der Waals surface area contributed by atoms with Gasteiger partial charge >= 0.3 is 0 Å². The number of fused-ring (bicyclic) bond motifs is 1. The predicted octanol–water partition coefficient (Wildman–Crippen LogP) is 6.33. The summed E-state index contributed by atoms with van der Waals surface area (Å²) in [7, 11) is 1.84. The Balaban J connectivity index is 0.000000260. The van der Waals surface area contributed by atoms with Crippen LogP contribution in [0, 0.1) is 0 Å². The van der Waals surface area contributed by atoms with Crippen LogP contribution in [-0.4, -0.2) is 53.3 Å². The molecule has 0 saturated carbocycles. The lowest BCUT2D eigenvalue weighted by Gasteiger charge is -2.15. The zero-order valence-corrected chi connectivity index (χ0v) is 25.5. The zero-order chi connectivity index (χ0) is 29.8. The molecule has 0 saturated heterocycles. The fourth-order valence-electron chi connectivity index (χ4n) is 3.66. The number of aldehydes is 1. The number of carbonyl (C=O) groups is 1. The van der Waals surface area contributed by atoms with Crippen molar-refractivity contribution in [2.24, 2.45) is 0 Å². The van der Waals surface area contributed by atoms with Crippen LogP contribution in [0.1, 0.15) is 38.4 Å². The Kier molecular flexibility index (Phi) is 11.8. The van der Waals surface area contributed by atoms with Gasteiger partial charge in [0.1, 0.15) is 11.5 Å². The number of unbranched alkanes of at least 4 members (excludes halogenated alkanes) is 1. The van der Waals surface area contributed by atoms with Crippen molar-refractivity contribution < 1.29 is 32.2 Å². The van der Waals surface area contributed by atoms with Gasteiger partial charge < -0.3 is 24.3 Å². The van der Waals surface area contributed by atoms with Crippen LogP contribution in [0.25, 0.3) is 10.2 Å². The number of benzene rings is 3. The van der Waals surface area contributed by atoms with Gasteiger partial charge in [0, 0.05) is 19.2 Å². The molecule has 3 aromatic carbocycles. The topological polar surface area (TPSA) is 113 Å². The van der Waals surface area contributed by atoms with Gasteiger partial charge in [-0.05, 0) is 48.4 Å². The number of ether oxygens (including phenoxy) is 4. The second-order valence-electron chi connectivity index (χ2n) is 8.76. The lowest BCUT2D eigenvalue weighted by Crippen LogP contribution is -2.10. The van der Waals surface area contributed by atoms with Gasteiger partial charge in [0.2, 0.25) is 0 Å². The van der Waals surface area contributed by atoms with Crippen molar-refractivity contribution >= 4 is 42.8 Å². The SMILES string of the molecule is CCCCOc1ccc(OC(C=O)c2ccc(S(=O)(=O)CC)cc2)cc1.CNc1nc2cc(OC)c(OC)cc2s1. The van der Waals surface area contributed by atoms with Gasteiger partial charge in [-0.25, -0.2) is 13.4 Å². The fourth-order valence-corrected chi connectivity index (χ4v) is 5.38. The van der Waals surface area contributed by atoms with Crippen molar-refractivity contribution in [3.63, 3.8) is 0 Å². The molecular weight excluding hydrogens is 564 g/mol. The molecule has 1 unspecified atom stereocenters. The number of hydrogen-bond acceptors (Lipinski definition) is 10. The number of hydrogen-bond donors (Lipinski definition) is 1. The molecule has 0 bridgehead atoms. The number of aromatic nitrogens is 1. The smallest absolute Gasteiger partial charge is 0.183 e. The van der Waals surface area contributed by atoms with Crippen LogP contribution in [0.3, 0.4) is 0 Å². The second kappa shape index (κ2) is 15.2. The van der Waals surface area contributed by atoms with Gasteiger partial charge in [-0.2, -0.15) is 0 Å². The Morgan fingerprint density at radius 1 is 0.951 bits per heavy atom. The van der Waals surface area contributed by atoms with Crippen LogP contribution in [-0.2, 0) is 14.6 Å². The van der Waals surface area contributed by atoms with E-state index < -0.39 is 15.9 Å². The second-order valence-corrected chi connectivity index (χ2v) is 12.1. The molecule has 1 N–H and O–H groups in total. The minimum Gasteiger partial charge on any atom is -0.494 e. The molecule has 1 heterocycles. The van der Waals surface area contributed by atoms with E-state index in [-0.39, 0.29) is 10.6 Å². The number of thiazole rings is 1. The third-order valence-electron chi connectivity index (χ3n) is 6.03. The summed E-state index contributed by atoms with van der Waals surface area (Å²) >= 11 is 1.59. The van der Waals surface area contributed by atoms with Gasteiger partial charge in [0.15, 0.2) is 38.9 Å². The minimum atomic E-state index is -3.26. The highest BCUT2D eigenvalue weighted by Gasteiger charge is 2.16. The molecule has 4 rings (SSSR count). The number of methoxy groups -OCH3 is 2. The van der Waals surface area contributed by atoms with E-state index in [1.807, 2.05) is 19.2 Å². The van der Waals surface area contributed by atoms with Crippen LogP contribution < -0.4 is 24.3 Å². The van der Waals surface area contributed by atoms with E-state index in [0.29, 0.717) is 30.0 Å². The van der Waals surface area contributed by atoms with Crippen LogP contribution in [0.5, 0.6) is 23.0 Å². The standard InChI is InChI=1S/C20H24O5S.C10H12N2O2S/c1-3-5-14-24-17-8-10-18(11-9-17)25-20(15-21)16-6-12-19(13-7-16)26(22,23)4-2;1-11-10-12-6-4-7(13-2)8(14-3)5-9(6)15-10/h6-13,15,20H,3-5,14H2,1-2H3;4-5H,1-3H3,(H,11,12). The average Bonchev–Trinajstić information content (AvgIpc) is 3.42. The summed E-state index contributed by atoms with van der Waals surface area (Å²) in [5.74, 6) is 2.76. The third-order valence-corrected chi connectivity index (χ3v) is 8.82. The lowest BCUT2D eigenvalue weighted by molar-refractivity contribution is -0.113. The molecule has 11 heteroatoms. The van der Waals surface area contributed by atoms with E-state index >= 15 is 0 Å². The van der Waals surface area contributed by atoms with Crippen molar-refractivity contribution in [2.45, 2.75) is 37.7 Å². The minimum absolute atomic E-state index is 0.0344. The van der Waals surface area contributed by atoms with Crippen LogP contribution in [0.2, 0.25) is 0 Å². The molecule has 220 valence electrons. The van der Waals surface area contributed by atoms with Crippen molar-refractivity contribution in [1.29, 1.82) is 0 Å². The van der Waals surface area contributed by atoms with Gasteiger partial charge in [-0.15, -0.1) is 0 Å². The predicted molar refractivity (Wildman–Crippen MR) is 163 cm³/mol. The van der Waals surface area contributed by atoms with E-state index in [1.54, 1.807) is 68.9 Å². The summed E-state index contributed by atoms with van der Waals surface area (Å²) in [6.07, 6.45) is 1.95. The zero-order valence-electron chi connectivity index (χ0n) is 23.9. The van der Waals surface area contributed by atoms with Gasteiger partial charge in [-0.3, -0.25) is 4.79 Å². The Morgan fingerprint density at radius 2 is 1.59 bits per heavy atom. The van der Waals surface area contributed by atoms with Crippen LogP contribution in [0.4, 0.5) is 5.13 Å². The molecule has 1 aromatic heterocycles. The van der Waals surface area contributed by atoms with Gasteiger partial charge in [0.25, 0.3) is 0 Å². The van der Waals surface area contributed by atoms with Crippen LogP contribution in [0.15, 0.2) is 65.6 Å². The highest BCUT2D eigenvalue weighted by Crippen LogP contribution is 2.36. The first kappa shape index (κ1) is 31.7. The first-order valence-electron chi connectivity index (χ1n) is 13.2. The summed E-state index contributed by atoms with van der Waals surface area (Å²) in [5.41, 5.74) is 1.51. The normalized spacial score (nSPS) is 11.6. The third kappa shape index (κ3) is 8.58. The largest absolute Gasteiger partial charge is 0.494 e. The quantitative estimate of drug-likeness (QED) is 0.139. The number of carbonyl (C=O) groups excluding carboxylic acids is 1. The number of nitrogens with one attached hydrogen (secondary N) is 1. The summed E-state index contributed by atoms with van der Waals surface area (Å²) in [4.78, 5) is 16.0. The first-order chi connectivity index (χ1) is 19.8. The molecule has 0 fully saturated rings. The molecule has 0 spiro atoms. The maximum absolute atomic E-state index is 11.9. The summed E-state index contributed by atoms with van der Waals surface area (Å²) in [5, 5.41) is 3.91. The molecule has 0 radical (unpaired) electrons. The molecular formula is C30H36N2O7S2. The molecule has 0 amide bonds. The van der Waals surface area contributed by atoms with Crippen molar-refractivity contribution in [3.05, 3.63) is 66.2 Å². The highest BCUT2D eigenvalue weighted by atomic mass is 32.2. The van der Waals surface area contributed by atoms with Crippen LogP contribution >= 0.6 is 11.3 Å². The molecule has 0 aliphatic rings. The maximum Gasteiger partial charge on any atom is 0.183 e. The van der Waals surface area contributed by atoms with Gasteiger partial charge in [0.05, 0.1) is 41.7 Å². The molecule has 0 aliphatic carbocycles. The summed E-state index contributed by atoms with van der Waals surface area (Å²) in [6, 6.07) is 17.1. The molecule has 0 aliphatic heterocycles. The summed E-state index contributed by atoms with van der Waals surface area (Å²) < 4.78 is 46.5. The Labute approximate surface area is 245 Å². The van der Waals surface area contributed by atoms with E-state index in [2.05, 4.69) is 17.2 Å². The monoisotopic (exact) mass is 600 g/mol.